The summed E-state index contributed by atoms with van der Waals surface area (Å²) in [5.41, 5.74) is 2.53. The Morgan fingerprint density at radius 3 is 2.17 bits per heavy atom. The maximum atomic E-state index is 12.8. The first kappa shape index (κ1) is 14.5. The molecule has 0 aromatic heterocycles. The Balaban J connectivity index is 1.75. The predicted octanol–water partition coefficient (Wildman–Crippen LogP) is 5.55. The van der Waals surface area contributed by atoms with E-state index < -0.39 is 0 Å². The molecule has 1 amide bonds. The SMILES string of the molecule is Cc1cc2ccccc2cc1C(=O)Nc1cccc2ccccc12. The van der Waals surface area contributed by atoms with Crippen LogP contribution in [0.15, 0.2) is 78.9 Å². The molecule has 0 atom stereocenters. The quantitative estimate of drug-likeness (QED) is 0.516. The Kier molecular flexibility index (Phi) is 3.51. The molecule has 24 heavy (non-hydrogen) atoms. The highest BCUT2D eigenvalue weighted by Crippen LogP contribution is 2.25. The van der Waals surface area contributed by atoms with Gasteiger partial charge in [0.05, 0.1) is 0 Å². The van der Waals surface area contributed by atoms with Gasteiger partial charge in [-0.3, -0.25) is 4.79 Å². The lowest BCUT2D eigenvalue weighted by atomic mass is 10.0. The van der Waals surface area contributed by atoms with Crippen LogP contribution >= 0.6 is 0 Å². The molecule has 1 N–H and O–H groups in total. The summed E-state index contributed by atoms with van der Waals surface area (Å²) in [6, 6.07) is 26.1. The van der Waals surface area contributed by atoms with Gasteiger partial charge in [-0.05, 0) is 40.8 Å². The molecule has 4 aromatic carbocycles. The molecule has 0 saturated heterocycles. The number of hydrogen-bond donors (Lipinski definition) is 1. The third-order valence-electron chi connectivity index (χ3n) is 4.38. The number of fused-ring (bicyclic) bond motifs is 2. The number of rotatable bonds is 2. The van der Waals surface area contributed by atoms with E-state index >= 15 is 0 Å². The van der Waals surface area contributed by atoms with Crippen LogP contribution in [0, 0.1) is 6.92 Å². The van der Waals surface area contributed by atoms with Gasteiger partial charge in [0.1, 0.15) is 0 Å². The van der Waals surface area contributed by atoms with Crippen LogP contribution in [0.5, 0.6) is 0 Å². The van der Waals surface area contributed by atoms with E-state index in [9.17, 15) is 4.79 Å². The topological polar surface area (TPSA) is 29.1 Å². The summed E-state index contributed by atoms with van der Waals surface area (Å²) >= 11 is 0. The molecule has 0 radical (unpaired) electrons. The van der Waals surface area contributed by atoms with Crippen molar-refractivity contribution in [2.45, 2.75) is 6.92 Å². The minimum absolute atomic E-state index is 0.0744. The van der Waals surface area contributed by atoms with Gasteiger partial charge in [0, 0.05) is 16.6 Å². The summed E-state index contributed by atoms with van der Waals surface area (Å²) in [6.07, 6.45) is 0. The number of carbonyl (C=O) groups excluding carboxylic acids is 1. The fourth-order valence-electron chi connectivity index (χ4n) is 3.12. The molecule has 4 aromatic rings. The monoisotopic (exact) mass is 311 g/mol. The van der Waals surface area contributed by atoms with E-state index in [2.05, 4.69) is 17.4 Å². The molecular weight excluding hydrogens is 294 g/mol. The third kappa shape index (κ3) is 2.52. The Labute approximate surface area is 140 Å². The largest absolute Gasteiger partial charge is 0.321 e. The van der Waals surface area contributed by atoms with Gasteiger partial charge < -0.3 is 5.32 Å². The maximum absolute atomic E-state index is 12.8. The maximum Gasteiger partial charge on any atom is 0.255 e. The molecule has 116 valence electrons. The smallest absolute Gasteiger partial charge is 0.255 e. The van der Waals surface area contributed by atoms with Crippen LogP contribution < -0.4 is 5.32 Å². The fourth-order valence-corrected chi connectivity index (χ4v) is 3.12. The molecule has 0 aliphatic carbocycles. The van der Waals surface area contributed by atoms with Crippen molar-refractivity contribution in [1.82, 2.24) is 0 Å². The number of benzene rings is 4. The first-order chi connectivity index (χ1) is 11.7. The van der Waals surface area contributed by atoms with E-state index in [1.54, 1.807) is 0 Å². The van der Waals surface area contributed by atoms with Gasteiger partial charge in [0.25, 0.3) is 5.91 Å². The molecule has 0 fully saturated rings. The second kappa shape index (κ2) is 5.82. The average Bonchev–Trinajstić information content (AvgIpc) is 2.61. The summed E-state index contributed by atoms with van der Waals surface area (Å²) in [5.74, 6) is -0.0744. The van der Waals surface area contributed by atoms with Gasteiger partial charge in [0.15, 0.2) is 0 Å². The van der Waals surface area contributed by atoms with E-state index in [4.69, 9.17) is 0 Å². The molecule has 0 aliphatic rings. The lowest BCUT2D eigenvalue weighted by molar-refractivity contribution is 0.102. The van der Waals surface area contributed by atoms with Gasteiger partial charge in [-0.15, -0.1) is 0 Å². The Bertz CT molecular complexity index is 1060. The minimum atomic E-state index is -0.0744. The van der Waals surface area contributed by atoms with Crippen LogP contribution in [0.1, 0.15) is 15.9 Å². The molecule has 0 heterocycles. The Hall–Kier alpha value is -3.13. The lowest BCUT2D eigenvalue weighted by Gasteiger charge is -2.11. The zero-order valence-corrected chi connectivity index (χ0v) is 13.4. The fraction of sp³-hybridized carbons (Fsp3) is 0.0455. The summed E-state index contributed by atoms with van der Waals surface area (Å²) < 4.78 is 0. The minimum Gasteiger partial charge on any atom is -0.321 e. The standard InChI is InChI=1S/C22H17NO/c1-15-13-17-8-2-3-9-18(17)14-20(15)22(24)23-21-12-6-10-16-7-4-5-11-19(16)21/h2-14H,1H3,(H,23,24). The number of aryl methyl sites for hydroxylation is 1. The van der Waals surface area contributed by atoms with Crippen molar-refractivity contribution < 1.29 is 4.79 Å². The Morgan fingerprint density at radius 1 is 0.750 bits per heavy atom. The summed E-state index contributed by atoms with van der Waals surface area (Å²) in [5, 5.41) is 7.46. The highest BCUT2D eigenvalue weighted by molar-refractivity contribution is 6.11. The van der Waals surface area contributed by atoms with Gasteiger partial charge >= 0.3 is 0 Å². The normalized spacial score (nSPS) is 10.9. The van der Waals surface area contributed by atoms with Crippen LogP contribution in [0.3, 0.4) is 0 Å². The zero-order valence-electron chi connectivity index (χ0n) is 13.4. The van der Waals surface area contributed by atoms with Crippen LogP contribution in [0.4, 0.5) is 5.69 Å². The van der Waals surface area contributed by atoms with Gasteiger partial charge in [0.2, 0.25) is 0 Å². The van der Waals surface area contributed by atoms with E-state index in [1.807, 2.05) is 73.7 Å². The molecule has 0 aliphatic heterocycles. The van der Waals surface area contributed by atoms with Crippen LogP contribution in [0.25, 0.3) is 21.5 Å². The van der Waals surface area contributed by atoms with Gasteiger partial charge in [-0.1, -0.05) is 66.7 Å². The van der Waals surface area contributed by atoms with Crippen molar-refractivity contribution in [2.24, 2.45) is 0 Å². The van der Waals surface area contributed by atoms with Crippen molar-refractivity contribution in [2.75, 3.05) is 5.32 Å². The predicted molar refractivity (Wildman–Crippen MR) is 101 cm³/mol. The van der Waals surface area contributed by atoms with Crippen molar-refractivity contribution in [3.63, 3.8) is 0 Å². The van der Waals surface area contributed by atoms with E-state index in [0.29, 0.717) is 5.56 Å². The lowest BCUT2D eigenvalue weighted by Crippen LogP contribution is -2.13. The Morgan fingerprint density at radius 2 is 1.38 bits per heavy atom. The summed E-state index contributed by atoms with van der Waals surface area (Å²) in [7, 11) is 0. The highest BCUT2D eigenvalue weighted by atomic mass is 16.1. The van der Waals surface area contributed by atoms with Crippen molar-refractivity contribution in [3.8, 4) is 0 Å². The number of anilines is 1. The molecule has 0 saturated carbocycles. The molecule has 0 unspecified atom stereocenters. The number of hydrogen-bond acceptors (Lipinski definition) is 1. The number of nitrogens with one attached hydrogen (secondary N) is 1. The van der Waals surface area contributed by atoms with Gasteiger partial charge in [-0.2, -0.15) is 0 Å². The second-order valence-corrected chi connectivity index (χ2v) is 6.00. The second-order valence-electron chi connectivity index (χ2n) is 6.00. The van der Waals surface area contributed by atoms with E-state index in [-0.39, 0.29) is 5.91 Å². The van der Waals surface area contributed by atoms with Crippen molar-refractivity contribution in [1.29, 1.82) is 0 Å². The van der Waals surface area contributed by atoms with Crippen molar-refractivity contribution in [3.05, 3.63) is 90.0 Å². The molecule has 2 nitrogen and oxygen atoms in total. The van der Waals surface area contributed by atoms with Gasteiger partial charge in [-0.25, -0.2) is 0 Å². The highest BCUT2D eigenvalue weighted by Gasteiger charge is 2.12. The third-order valence-corrected chi connectivity index (χ3v) is 4.38. The first-order valence-electron chi connectivity index (χ1n) is 8.01. The molecule has 0 spiro atoms. The summed E-state index contributed by atoms with van der Waals surface area (Å²) in [6.45, 7) is 1.98. The molecular formula is C22H17NO. The molecule has 0 bridgehead atoms. The molecule has 2 heteroatoms. The van der Waals surface area contributed by atoms with E-state index in [0.717, 1.165) is 32.8 Å². The van der Waals surface area contributed by atoms with Crippen LogP contribution in [-0.2, 0) is 0 Å². The summed E-state index contributed by atoms with van der Waals surface area (Å²) in [4.78, 5) is 12.8. The zero-order chi connectivity index (χ0) is 16.5. The average molecular weight is 311 g/mol. The molecule has 4 rings (SSSR count). The van der Waals surface area contributed by atoms with Crippen LogP contribution in [0.2, 0.25) is 0 Å². The number of amides is 1. The van der Waals surface area contributed by atoms with Crippen LogP contribution in [-0.4, -0.2) is 5.91 Å². The number of carbonyl (C=O) groups is 1. The van der Waals surface area contributed by atoms with E-state index in [1.165, 1.54) is 0 Å². The first-order valence-corrected chi connectivity index (χ1v) is 8.01. The van der Waals surface area contributed by atoms with Crippen molar-refractivity contribution >= 4 is 33.1 Å².